The number of alkyl halides is 3. The van der Waals surface area contributed by atoms with Crippen LogP contribution in [0.1, 0.15) is 13.8 Å². The molecule has 0 radical (unpaired) electrons. The van der Waals surface area contributed by atoms with Crippen LogP contribution in [0.5, 0.6) is 0 Å². The zero-order valence-corrected chi connectivity index (χ0v) is 14.3. The van der Waals surface area contributed by atoms with Crippen LogP contribution in [0.25, 0.3) is 10.8 Å². The molecule has 3 nitrogen and oxygen atoms in total. The molecule has 2 aromatic rings. The Balaban J connectivity index is 2.66. The molecule has 23 heavy (non-hydrogen) atoms. The summed E-state index contributed by atoms with van der Waals surface area (Å²) in [6.07, 6.45) is 0. The summed E-state index contributed by atoms with van der Waals surface area (Å²) < 4.78 is 66.2. The molecule has 0 saturated carbocycles. The lowest BCUT2D eigenvalue weighted by molar-refractivity contribution is -0.0496. The molecule has 128 valence electrons. The third-order valence-electron chi connectivity index (χ3n) is 3.59. The fourth-order valence-corrected chi connectivity index (χ4v) is 7.07. The molecule has 0 saturated heterocycles. The third kappa shape index (κ3) is 3.34. The summed E-state index contributed by atoms with van der Waals surface area (Å²) in [5.74, 6) is 0.347. The van der Waals surface area contributed by atoms with Crippen LogP contribution in [0.2, 0.25) is 0 Å². The van der Waals surface area contributed by atoms with Crippen molar-refractivity contribution in [3.8, 4) is 0 Å². The molecule has 0 spiro atoms. The van der Waals surface area contributed by atoms with Gasteiger partial charge in [-0.25, -0.2) is 3.63 Å². The third-order valence-corrected chi connectivity index (χ3v) is 8.93. The van der Waals surface area contributed by atoms with E-state index in [-0.39, 0.29) is 11.5 Å². The van der Waals surface area contributed by atoms with Gasteiger partial charge >= 0.3 is 15.6 Å². The highest BCUT2D eigenvalue weighted by Gasteiger charge is 2.51. The monoisotopic (exact) mass is 366 g/mol. The second-order valence-corrected chi connectivity index (χ2v) is 9.97. The lowest BCUT2D eigenvalue weighted by atomic mass is 10.1. The van der Waals surface area contributed by atoms with Crippen molar-refractivity contribution in [2.24, 2.45) is 0 Å². The molecular weight excluding hydrogens is 349 g/mol. The maximum absolute atomic E-state index is 12.8. The molecule has 2 aromatic carbocycles. The Hall–Kier alpha value is -1.25. The first-order valence-electron chi connectivity index (χ1n) is 6.95. The largest absolute Gasteiger partial charge is 0.523 e. The van der Waals surface area contributed by atoms with Gasteiger partial charge in [0.15, 0.2) is 0 Å². The van der Waals surface area contributed by atoms with E-state index in [1.54, 1.807) is 38.1 Å². The first kappa shape index (κ1) is 18.1. The van der Waals surface area contributed by atoms with Crippen molar-refractivity contribution in [2.75, 3.05) is 11.5 Å². The average molecular weight is 366 g/mol. The molecular formula is C15H17F3O3S2. The predicted octanol–water partition coefficient (Wildman–Crippen LogP) is 4.82. The van der Waals surface area contributed by atoms with Crippen LogP contribution in [-0.4, -0.2) is 25.4 Å². The van der Waals surface area contributed by atoms with Crippen LogP contribution in [0, 0.1) is 0 Å². The van der Waals surface area contributed by atoms with Gasteiger partial charge in [-0.15, -0.1) is 0 Å². The Morgan fingerprint density at radius 2 is 1.52 bits per heavy atom. The van der Waals surface area contributed by atoms with Crippen LogP contribution in [-0.2, 0) is 13.7 Å². The summed E-state index contributed by atoms with van der Waals surface area (Å²) in [6, 6.07) is 12.3. The van der Waals surface area contributed by atoms with Gasteiger partial charge in [0.25, 0.3) is 0 Å². The standard InChI is InChI=1S/C15H17F3O3S2/c1-3-22(4-2,21-23(19,20)15(16,17)18)14-11-7-9-12-8-5-6-10-13(12)14/h5-11H,3-4H2,1-2H3. The van der Waals surface area contributed by atoms with E-state index < -0.39 is 25.9 Å². The minimum Gasteiger partial charge on any atom is -0.209 e. The van der Waals surface area contributed by atoms with Gasteiger partial charge in [0, 0.05) is 16.4 Å². The SMILES string of the molecule is CCS(CC)(OS(=O)(=O)C(F)(F)F)c1cccc2ccccc12. The molecule has 0 amide bonds. The average Bonchev–Trinajstić information content (AvgIpc) is 2.51. The molecule has 0 unspecified atom stereocenters. The number of halogens is 3. The highest BCUT2D eigenvalue weighted by Crippen LogP contribution is 2.60. The van der Waals surface area contributed by atoms with Crippen LogP contribution in [0.3, 0.4) is 0 Å². The number of hydrogen-bond donors (Lipinski definition) is 0. The minimum atomic E-state index is -5.66. The lowest BCUT2D eigenvalue weighted by Crippen LogP contribution is -2.28. The van der Waals surface area contributed by atoms with Gasteiger partial charge in [-0.3, -0.25) is 0 Å². The van der Waals surface area contributed by atoms with E-state index in [4.69, 9.17) is 3.63 Å². The second kappa shape index (κ2) is 6.33. The Morgan fingerprint density at radius 3 is 2.09 bits per heavy atom. The quantitative estimate of drug-likeness (QED) is 0.712. The molecule has 8 heteroatoms. The summed E-state index contributed by atoms with van der Waals surface area (Å²) in [5.41, 5.74) is -5.43. The molecule has 2 rings (SSSR count). The Kier molecular flexibility index (Phi) is 4.98. The van der Waals surface area contributed by atoms with Crippen LogP contribution < -0.4 is 0 Å². The zero-order valence-electron chi connectivity index (χ0n) is 12.6. The number of rotatable bonds is 5. The van der Waals surface area contributed by atoms with E-state index in [1.807, 2.05) is 18.2 Å². The van der Waals surface area contributed by atoms with Gasteiger partial charge in [-0.05, 0) is 16.8 Å². The molecule has 0 aliphatic heterocycles. The molecule has 0 aliphatic carbocycles. The summed E-state index contributed by atoms with van der Waals surface area (Å²) in [6.45, 7) is 3.29. The van der Waals surface area contributed by atoms with E-state index in [0.717, 1.165) is 5.39 Å². The van der Waals surface area contributed by atoms with E-state index in [1.165, 1.54) is 0 Å². The van der Waals surface area contributed by atoms with Crippen molar-refractivity contribution in [3.05, 3.63) is 42.5 Å². The molecule has 0 heterocycles. The smallest absolute Gasteiger partial charge is 0.209 e. The molecule has 0 aromatic heterocycles. The van der Waals surface area contributed by atoms with E-state index in [2.05, 4.69) is 0 Å². The fraction of sp³-hybridized carbons (Fsp3) is 0.333. The highest BCUT2D eigenvalue weighted by atomic mass is 32.3. The van der Waals surface area contributed by atoms with Crippen LogP contribution >= 0.6 is 10.3 Å². The van der Waals surface area contributed by atoms with Gasteiger partial charge in [0.05, 0.1) is 0 Å². The maximum Gasteiger partial charge on any atom is 0.523 e. The van der Waals surface area contributed by atoms with Gasteiger partial charge < -0.3 is 0 Å². The van der Waals surface area contributed by atoms with E-state index in [9.17, 15) is 21.6 Å². The zero-order chi connectivity index (χ0) is 17.3. The van der Waals surface area contributed by atoms with Crippen LogP contribution in [0.4, 0.5) is 13.2 Å². The second-order valence-electron chi connectivity index (χ2n) is 4.83. The van der Waals surface area contributed by atoms with E-state index in [0.29, 0.717) is 10.3 Å². The Labute approximate surface area is 135 Å². The van der Waals surface area contributed by atoms with E-state index >= 15 is 0 Å². The summed E-state index contributed by atoms with van der Waals surface area (Å²) in [5, 5.41) is 1.54. The van der Waals surface area contributed by atoms with Gasteiger partial charge in [-0.2, -0.15) is 21.6 Å². The topological polar surface area (TPSA) is 43.4 Å². The van der Waals surface area contributed by atoms with Crippen molar-refractivity contribution in [1.29, 1.82) is 0 Å². The van der Waals surface area contributed by atoms with Crippen molar-refractivity contribution in [1.82, 2.24) is 0 Å². The normalized spacial score (nSPS) is 14.1. The molecule has 0 bridgehead atoms. The maximum atomic E-state index is 12.8. The Bertz CT molecular complexity index is 792. The minimum absolute atomic E-state index is 0.173. The number of hydrogen-bond acceptors (Lipinski definition) is 3. The summed E-state index contributed by atoms with van der Waals surface area (Å²) >= 11 is 0. The lowest BCUT2D eigenvalue weighted by Gasteiger charge is -2.37. The molecule has 0 aliphatic rings. The first-order valence-corrected chi connectivity index (χ1v) is 10.3. The fourth-order valence-electron chi connectivity index (χ4n) is 2.38. The number of benzene rings is 2. The summed E-state index contributed by atoms with van der Waals surface area (Å²) in [4.78, 5) is 0.522. The van der Waals surface area contributed by atoms with Crippen molar-refractivity contribution >= 4 is 31.2 Å². The van der Waals surface area contributed by atoms with Gasteiger partial charge in [0.2, 0.25) is 0 Å². The molecule has 0 atom stereocenters. The predicted molar refractivity (Wildman–Crippen MR) is 86.9 cm³/mol. The molecule has 0 fully saturated rings. The van der Waals surface area contributed by atoms with Crippen molar-refractivity contribution < 1.29 is 25.2 Å². The van der Waals surface area contributed by atoms with Crippen molar-refractivity contribution in [3.63, 3.8) is 0 Å². The van der Waals surface area contributed by atoms with Gasteiger partial charge in [0.1, 0.15) is 0 Å². The highest BCUT2D eigenvalue weighted by molar-refractivity contribution is 8.33. The van der Waals surface area contributed by atoms with Crippen molar-refractivity contribution in [2.45, 2.75) is 24.3 Å². The van der Waals surface area contributed by atoms with Crippen LogP contribution in [0.15, 0.2) is 47.4 Å². The number of fused-ring (bicyclic) bond motifs is 1. The first-order chi connectivity index (χ1) is 10.7. The molecule has 0 N–H and O–H groups in total. The summed E-state index contributed by atoms with van der Waals surface area (Å²) in [7, 11) is -8.29. The Morgan fingerprint density at radius 1 is 0.957 bits per heavy atom. The van der Waals surface area contributed by atoms with Gasteiger partial charge in [-0.1, -0.05) is 60.6 Å².